The molecule has 0 aliphatic carbocycles. The Labute approximate surface area is 115 Å². The van der Waals surface area contributed by atoms with E-state index in [-0.39, 0.29) is 5.60 Å². The Morgan fingerprint density at radius 3 is 2.89 bits per heavy atom. The predicted molar refractivity (Wildman–Crippen MR) is 75.3 cm³/mol. The van der Waals surface area contributed by atoms with Crippen molar-refractivity contribution in [3.05, 3.63) is 23.0 Å². The molecule has 1 unspecified atom stereocenters. The van der Waals surface area contributed by atoms with Gasteiger partial charge in [-0.3, -0.25) is 4.98 Å². The van der Waals surface area contributed by atoms with E-state index in [0.29, 0.717) is 12.2 Å². The van der Waals surface area contributed by atoms with E-state index in [1.165, 1.54) is 0 Å². The molecule has 0 saturated carbocycles. The van der Waals surface area contributed by atoms with E-state index >= 15 is 0 Å². The maximum Gasteiger partial charge on any atom is 0.103 e. The molecule has 0 amide bonds. The fraction of sp³-hybridized carbons (Fsp3) is 0.600. The molecule has 0 bridgehead atoms. The molecular formula is C15H21N3O. The van der Waals surface area contributed by atoms with Gasteiger partial charge in [-0.1, -0.05) is 6.92 Å². The number of hydrogen-bond acceptors (Lipinski definition) is 4. The Morgan fingerprint density at radius 1 is 1.53 bits per heavy atom. The summed E-state index contributed by atoms with van der Waals surface area (Å²) >= 11 is 0. The molecule has 0 aromatic carbocycles. The van der Waals surface area contributed by atoms with Gasteiger partial charge >= 0.3 is 0 Å². The summed E-state index contributed by atoms with van der Waals surface area (Å²) in [4.78, 5) is 6.63. The number of hydrogen-bond donors (Lipinski definition) is 0. The molecule has 1 aromatic heterocycles. The van der Waals surface area contributed by atoms with Crippen LogP contribution in [0.15, 0.2) is 6.07 Å². The van der Waals surface area contributed by atoms with Crippen molar-refractivity contribution in [1.82, 2.24) is 4.98 Å². The quantitative estimate of drug-likeness (QED) is 0.819. The third-order valence-electron chi connectivity index (χ3n) is 3.85. The van der Waals surface area contributed by atoms with Crippen molar-refractivity contribution in [2.24, 2.45) is 0 Å². The third kappa shape index (κ3) is 2.71. The van der Waals surface area contributed by atoms with Crippen LogP contribution < -0.4 is 4.90 Å². The molecule has 102 valence electrons. The second kappa shape index (κ2) is 5.18. The number of aromatic nitrogens is 1. The fourth-order valence-electron chi connectivity index (χ4n) is 2.55. The minimum Gasteiger partial charge on any atom is -0.372 e. The first kappa shape index (κ1) is 13.8. The van der Waals surface area contributed by atoms with Gasteiger partial charge in [0.2, 0.25) is 0 Å². The second-order valence-electron chi connectivity index (χ2n) is 5.43. The monoisotopic (exact) mass is 259 g/mol. The van der Waals surface area contributed by atoms with Crippen LogP contribution in [0.2, 0.25) is 0 Å². The first-order valence-corrected chi connectivity index (χ1v) is 6.76. The first-order chi connectivity index (χ1) is 8.99. The summed E-state index contributed by atoms with van der Waals surface area (Å²) in [6, 6.07) is 4.30. The second-order valence-corrected chi connectivity index (χ2v) is 5.43. The zero-order valence-electron chi connectivity index (χ0n) is 12.2. The molecule has 0 radical (unpaired) electrons. The van der Waals surface area contributed by atoms with Gasteiger partial charge in [0.15, 0.2) is 0 Å². The SMILES string of the molecule is CCC1(C)CN(c2cc(C)nc(C)c2C#N)CCO1. The number of aryl methyl sites for hydroxylation is 2. The summed E-state index contributed by atoms with van der Waals surface area (Å²) in [5.41, 5.74) is 3.32. The van der Waals surface area contributed by atoms with Gasteiger partial charge in [-0.2, -0.15) is 5.26 Å². The summed E-state index contributed by atoms with van der Waals surface area (Å²) in [5, 5.41) is 9.36. The van der Waals surface area contributed by atoms with Gasteiger partial charge in [0.25, 0.3) is 0 Å². The normalized spacial score (nSPS) is 23.2. The molecule has 0 N–H and O–H groups in total. The van der Waals surface area contributed by atoms with Crippen molar-refractivity contribution >= 4 is 5.69 Å². The lowest BCUT2D eigenvalue weighted by molar-refractivity contribution is -0.0441. The maximum atomic E-state index is 9.36. The van der Waals surface area contributed by atoms with Crippen molar-refractivity contribution in [2.45, 2.75) is 39.7 Å². The summed E-state index contributed by atoms with van der Waals surface area (Å²) in [6.07, 6.45) is 0.967. The van der Waals surface area contributed by atoms with Gasteiger partial charge in [-0.05, 0) is 33.3 Å². The van der Waals surface area contributed by atoms with Gasteiger partial charge in [0.1, 0.15) is 6.07 Å². The van der Waals surface area contributed by atoms with Crippen LogP contribution in [0.3, 0.4) is 0 Å². The summed E-state index contributed by atoms with van der Waals surface area (Å²) in [7, 11) is 0. The highest BCUT2D eigenvalue weighted by molar-refractivity contribution is 5.62. The van der Waals surface area contributed by atoms with E-state index in [2.05, 4.69) is 29.8 Å². The third-order valence-corrected chi connectivity index (χ3v) is 3.85. The van der Waals surface area contributed by atoms with Crippen molar-refractivity contribution < 1.29 is 4.74 Å². The minimum atomic E-state index is -0.129. The fourth-order valence-corrected chi connectivity index (χ4v) is 2.55. The van der Waals surface area contributed by atoms with Gasteiger partial charge < -0.3 is 9.64 Å². The maximum absolute atomic E-state index is 9.36. The molecule has 4 heteroatoms. The highest BCUT2D eigenvalue weighted by atomic mass is 16.5. The lowest BCUT2D eigenvalue weighted by atomic mass is 9.99. The Hall–Kier alpha value is -1.60. The summed E-state index contributed by atoms with van der Waals surface area (Å²) in [5.74, 6) is 0. The van der Waals surface area contributed by atoms with Crippen LogP contribution in [0.25, 0.3) is 0 Å². The van der Waals surface area contributed by atoms with Crippen LogP contribution in [0, 0.1) is 25.2 Å². The first-order valence-electron chi connectivity index (χ1n) is 6.76. The molecule has 2 heterocycles. The molecule has 1 atom stereocenters. The standard InChI is InChI=1S/C15H21N3O/c1-5-15(4)10-18(6-7-19-15)14-8-11(2)17-12(3)13(14)9-16/h8H,5-7,10H2,1-4H3. The predicted octanol–water partition coefficient (Wildman–Crippen LogP) is 2.58. The number of nitriles is 1. The molecule has 19 heavy (non-hydrogen) atoms. The van der Waals surface area contributed by atoms with Gasteiger partial charge in [0.05, 0.1) is 29.2 Å². The molecule has 1 aliphatic rings. The summed E-state index contributed by atoms with van der Waals surface area (Å²) in [6.45, 7) is 10.5. The van der Waals surface area contributed by atoms with E-state index in [1.54, 1.807) is 0 Å². The molecule has 1 fully saturated rings. The van der Waals surface area contributed by atoms with Crippen LogP contribution in [-0.4, -0.2) is 30.3 Å². The van der Waals surface area contributed by atoms with Crippen molar-refractivity contribution in [2.75, 3.05) is 24.6 Å². The minimum absolute atomic E-state index is 0.129. The number of anilines is 1. The Bertz CT molecular complexity index is 521. The average molecular weight is 259 g/mol. The Morgan fingerprint density at radius 2 is 2.26 bits per heavy atom. The number of morpholine rings is 1. The van der Waals surface area contributed by atoms with Crippen LogP contribution in [-0.2, 0) is 4.74 Å². The molecule has 4 nitrogen and oxygen atoms in total. The van der Waals surface area contributed by atoms with Crippen LogP contribution in [0.1, 0.15) is 37.2 Å². The molecule has 1 saturated heterocycles. The van der Waals surface area contributed by atoms with E-state index < -0.39 is 0 Å². The zero-order valence-corrected chi connectivity index (χ0v) is 12.2. The molecule has 1 aliphatic heterocycles. The van der Waals surface area contributed by atoms with Crippen molar-refractivity contribution in [3.63, 3.8) is 0 Å². The largest absolute Gasteiger partial charge is 0.372 e. The number of rotatable bonds is 2. The number of pyridine rings is 1. The van der Waals surface area contributed by atoms with Crippen LogP contribution in [0.4, 0.5) is 5.69 Å². The average Bonchev–Trinajstić information content (AvgIpc) is 2.38. The Balaban J connectivity index is 2.39. The van der Waals surface area contributed by atoms with Crippen molar-refractivity contribution in [3.8, 4) is 6.07 Å². The van der Waals surface area contributed by atoms with Gasteiger partial charge in [-0.15, -0.1) is 0 Å². The molecule has 2 rings (SSSR count). The highest BCUT2D eigenvalue weighted by Crippen LogP contribution is 2.29. The highest BCUT2D eigenvalue weighted by Gasteiger charge is 2.31. The Kier molecular flexibility index (Phi) is 3.77. The zero-order chi connectivity index (χ0) is 14.0. The molecular weight excluding hydrogens is 238 g/mol. The lowest BCUT2D eigenvalue weighted by Crippen LogP contribution is -2.50. The van der Waals surface area contributed by atoms with Gasteiger partial charge in [-0.25, -0.2) is 0 Å². The summed E-state index contributed by atoms with van der Waals surface area (Å²) < 4.78 is 5.86. The van der Waals surface area contributed by atoms with E-state index in [0.717, 1.165) is 36.6 Å². The smallest absolute Gasteiger partial charge is 0.103 e. The van der Waals surface area contributed by atoms with Crippen LogP contribution in [0.5, 0.6) is 0 Å². The van der Waals surface area contributed by atoms with E-state index in [1.807, 2.05) is 19.9 Å². The molecule has 1 aromatic rings. The van der Waals surface area contributed by atoms with Crippen molar-refractivity contribution in [1.29, 1.82) is 5.26 Å². The van der Waals surface area contributed by atoms with Gasteiger partial charge in [0, 0.05) is 18.8 Å². The van der Waals surface area contributed by atoms with Crippen LogP contribution >= 0.6 is 0 Å². The van der Waals surface area contributed by atoms with E-state index in [9.17, 15) is 5.26 Å². The van der Waals surface area contributed by atoms with E-state index in [4.69, 9.17) is 4.74 Å². The lowest BCUT2D eigenvalue weighted by Gasteiger charge is -2.41. The number of ether oxygens (including phenoxy) is 1. The topological polar surface area (TPSA) is 49.2 Å². The number of nitrogens with zero attached hydrogens (tertiary/aromatic N) is 3. The molecule has 0 spiro atoms.